The van der Waals surface area contributed by atoms with Crippen LogP contribution < -0.4 is 4.74 Å². The number of likely N-dealkylation sites (tertiary alicyclic amines) is 2. The number of carbonyl (C=O) groups is 2. The molecule has 1 aromatic carbocycles. The fourth-order valence-electron chi connectivity index (χ4n) is 5.05. The summed E-state index contributed by atoms with van der Waals surface area (Å²) in [5, 5.41) is 1.63. The number of ether oxygens (including phenoxy) is 1. The second kappa shape index (κ2) is 8.74. The maximum absolute atomic E-state index is 13.2. The molecular formula is C25H27N3O4S. The number of methoxy groups -OCH3 is 1. The molecule has 0 saturated carbocycles. The Kier molecular flexibility index (Phi) is 5.78. The summed E-state index contributed by atoms with van der Waals surface area (Å²) < 4.78 is 11.2. The van der Waals surface area contributed by atoms with E-state index in [1.54, 1.807) is 19.4 Å². The lowest BCUT2D eigenvalue weighted by atomic mass is 9.77. The topological polar surface area (TPSA) is 75.9 Å². The number of rotatable bonds is 4. The molecule has 2 aromatic heterocycles. The molecule has 0 bridgehead atoms. The molecule has 1 spiro atoms. The van der Waals surface area contributed by atoms with E-state index in [1.807, 2.05) is 46.4 Å². The molecule has 2 fully saturated rings. The summed E-state index contributed by atoms with van der Waals surface area (Å²) in [7, 11) is 1.59. The molecular weight excluding hydrogens is 438 g/mol. The van der Waals surface area contributed by atoms with Crippen LogP contribution in [-0.2, 0) is 0 Å². The zero-order valence-electron chi connectivity index (χ0n) is 18.9. The van der Waals surface area contributed by atoms with E-state index in [-0.39, 0.29) is 17.2 Å². The average Bonchev–Trinajstić information content (AvgIpc) is 3.48. The highest BCUT2D eigenvalue weighted by atomic mass is 32.2. The number of amides is 2. The highest BCUT2D eigenvalue weighted by Gasteiger charge is 2.43. The van der Waals surface area contributed by atoms with Crippen molar-refractivity contribution in [3.05, 3.63) is 53.9 Å². The lowest BCUT2D eigenvalue weighted by Crippen LogP contribution is -2.44. The van der Waals surface area contributed by atoms with Gasteiger partial charge in [-0.05, 0) is 55.2 Å². The van der Waals surface area contributed by atoms with Crippen molar-refractivity contribution in [3.8, 4) is 5.75 Å². The van der Waals surface area contributed by atoms with E-state index in [2.05, 4.69) is 4.98 Å². The molecule has 8 heteroatoms. The smallest absolute Gasteiger partial charge is 0.289 e. The van der Waals surface area contributed by atoms with Gasteiger partial charge >= 0.3 is 0 Å². The van der Waals surface area contributed by atoms with Crippen molar-refractivity contribution in [1.82, 2.24) is 14.8 Å². The van der Waals surface area contributed by atoms with Crippen LogP contribution in [0.5, 0.6) is 5.75 Å². The van der Waals surface area contributed by atoms with Gasteiger partial charge in [-0.3, -0.25) is 9.59 Å². The highest BCUT2D eigenvalue weighted by molar-refractivity contribution is 7.98. The third-order valence-corrected chi connectivity index (χ3v) is 7.68. The minimum absolute atomic E-state index is 0.0458. The largest absolute Gasteiger partial charge is 0.493 e. The normalized spacial score (nSPS) is 17.6. The summed E-state index contributed by atoms with van der Waals surface area (Å²) in [6.07, 6.45) is 6.40. The number of carbonyl (C=O) groups excluding carboxylic acids is 2. The van der Waals surface area contributed by atoms with Crippen molar-refractivity contribution < 1.29 is 18.7 Å². The van der Waals surface area contributed by atoms with Crippen molar-refractivity contribution >= 4 is 34.5 Å². The molecule has 0 atom stereocenters. The first-order valence-electron chi connectivity index (χ1n) is 11.2. The van der Waals surface area contributed by atoms with Crippen LogP contribution >= 0.6 is 11.8 Å². The Hall–Kier alpha value is -3.00. The van der Waals surface area contributed by atoms with Crippen LogP contribution in [0.1, 0.15) is 40.2 Å². The molecule has 0 unspecified atom stereocenters. The van der Waals surface area contributed by atoms with E-state index in [1.165, 1.54) is 11.8 Å². The molecule has 0 radical (unpaired) electrons. The maximum Gasteiger partial charge on any atom is 0.289 e. The first-order chi connectivity index (χ1) is 16.0. The minimum atomic E-state index is -0.0800. The van der Waals surface area contributed by atoms with Gasteiger partial charge in [-0.15, -0.1) is 11.8 Å². The van der Waals surface area contributed by atoms with Crippen molar-refractivity contribution in [2.24, 2.45) is 5.41 Å². The van der Waals surface area contributed by atoms with Crippen molar-refractivity contribution in [2.45, 2.75) is 24.3 Å². The molecule has 2 saturated heterocycles. The number of nitrogens with zero attached hydrogens (tertiary/aromatic N) is 3. The Balaban J connectivity index is 1.25. The van der Waals surface area contributed by atoms with Gasteiger partial charge in [-0.2, -0.15) is 0 Å². The van der Waals surface area contributed by atoms with Gasteiger partial charge in [0.2, 0.25) is 0 Å². The van der Waals surface area contributed by atoms with Crippen molar-refractivity contribution in [2.75, 3.05) is 39.5 Å². The lowest BCUT2D eigenvalue weighted by Gasteiger charge is -2.39. The number of hydrogen-bond acceptors (Lipinski definition) is 6. The molecule has 33 heavy (non-hydrogen) atoms. The number of thioether (sulfide) groups is 1. The fourth-order valence-corrected chi connectivity index (χ4v) is 5.59. The SMILES string of the molecule is COc1cccc2cc(C(=O)N3CCC4(CCN(C(=O)c5cccnc5SC)CC4)C3)oc12. The first-order valence-corrected chi connectivity index (χ1v) is 12.4. The molecule has 4 heterocycles. The standard InChI is InChI=1S/C25H27N3O4S/c1-31-19-7-3-5-17-15-20(32-21(17)19)24(30)28-14-10-25(16-28)8-12-27(13-9-25)23(29)18-6-4-11-26-22(18)33-2/h3-7,11,15H,8-10,12-14,16H2,1-2H3. The molecule has 2 aliphatic rings. The number of hydrogen-bond donors (Lipinski definition) is 0. The predicted molar refractivity (Wildman–Crippen MR) is 127 cm³/mol. The summed E-state index contributed by atoms with van der Waals surface area (Å²) in [5.74, 6) is 0.938. The number of aromatic nitrogens is 1. The van der Waals surface area contributed by atoms with Crippen LogP contribution in [0.4, 0.5) is 0 Å². The fraction of sp³-hybridized carbons (Fsp3) is 0.400. The van der Waals surface area contributed by atoms with Gasteiger partial charge in [0.15, 0.2) is 17.1 Å². The quantitative estimate of drug-likeness (QED) is 0.534. The predicted octanol–water partition coefficient (Wildman–Crippen LogP) is 4.33. The number of piperidine rings is 1. The summed E-state index contributed by atoms with van der Waals surface area (Å²) in [6, 6.07) is 11.1. The van der Waals surface area contributed by atoms with Gasteiger partial charge in [-0.1, -0.05) is 12.1 Å². The molecule has 2 aliphatic heterocycles. The number of benzene rings is 1. The highest BCUT2D eigenvalue weighted by Crippen LogP contribution is 2.41. The maximum atomic E-state index is 13.2. The van der Waals surface area contributed by atoms with E-state index in [0.29, 0.717) is 48.8 Å². The van der Waals surface area contributed by atoms with Crippen LogP contribution in [0, 0.1) is 5.41 Å². The zero-order chi connectivity index (χ0) is 23.0. The molecule has 3 aromatic rings. The summed E-state index contributed by atoms with van der Waals surface area (Å²) in [6.45, 7) is 2.81. The van der Waals surface area contributed by atoms with Gasteiger partial charge in [0.25, 0.3) is 11.8 Å². The molecule has 0 N–H and O–H groups in total. The second-order valence-electron chi connectivity index (χ2n) is 8.82. The summed E-state index contributed by atoms with van der Waals surface area (Å²) in [4.78, 5) is 34.4. The lowest BCUT2D eigenvalue weighted by molar-refractivity contribution is 0.0557. The Morgan fingerprint density at radius 1 is 1.06 bits per heavy atom. The van der Waals surface area contributed by atoms with E-state index >= 15 is 0 Å². The Labute approximate surface area is 197 Å². The molecule has 7 nitrogen and oxygen atoms in total. The van der Waals surface area contributed by atoms with Gasteiger partial charge in [0.1, 0.15) is 5.03 Å². The van der Waals surface area contributed by atoms with Crippen LogP contribution in [0.25, 0.3) is 11.0 Å². The number of fused-ring (bicyclic) bond motifs is 1. The summed E-state index contributed by atoms with van der Waals surface area (Å²) in [5.41, 5.74) is 1.33. The third-order valence-electron chi connectivity index (χ3n) is 6.97. The van der Waals surface area contributed by atoms with Crippen molar-refractivity contribution in [1.29, 1.82) is 0 Å². The Morgan fingerprint density at radius 2 is 1.82 bits per heavy atom. The zero-order valence-corrected chi connectivity index (χ0v) is 19.7. The van der Waals surface area contributed by atoms with Crippen LogP contribution in [0.3, 0.4) is 0 Å². The monoisotopic (exact) mass is 465 g/mol. The summed E-state index contributed by atoms with van der Waals surface area (Å²) >= 11 is 1.49. The van der Waals surface area contributed by atoms with Crippen LogP contribution in [-0.4, -0.2) is 66.1 Å². The third kappa shape index (κ3) is 3.97. The van der Waals surface area contributed by atoms with Crippen LogP contribution in [0.15, 0.2) is 52.0 Å². The Bertz CT molecular complexity index is 1200. The van der Waals surface area contributed by atoms with Gasteiger partial charge < -0.3 is 19.0 Å². The van der Waals surface area contributed by atoms with Gasteiger partial charge in [0, 0.05) is 37.8 Å². The van der Waals surface area contributed by atoms with Gasteiger partial charge in [0.05, 0.1) is 12.7 Å². The molecule has 172 valence electrons. The first kappa shape index (κ1) is 21.8. The van der Waals surface area contributed by atoms with Crippen molar-refractivity contribution in [3.63, 3.8) is 0 Å². The second-order valence-corrected chi connectivity index (χ2v) is 9.61. The van der Waals surface area contributed by atoms with E-state index in [9.17, 15) is 9.59 Å². The van der Waals surface area contributed by atoms with E-state index in [0.717, 1.165) is 29.7 Å². The molecule has 5 rings (SSSR count). The van der Waals surface area contributed by atoms with E-state index in [4.69, 9.17) is 9.15 Å². The van der Waals surface area contributed by atoms with Gasteiger partial charge in [-0.25, -0.2) is 4.98 Å². The molecule has 0 aliphatic carbocycles. The number of para-hydroxylation sites is 1. The Morgan fingerprint density at radius 3 is 2.55 bits per heavy atom. The van der Waals surface area contributed by atoms with E-state index < -0.39 is 0 Å². The number of pyridine rings is 1. The number of furan rings is 1. The minimum Gasteiger partial charge on any atom is -0.493 e. The average molecular weight is 466 g/mol. The van der Waals surface area contributed by atoms with Crippen LogP contribution in [0.2, 0.25) is 0 Å². The molecule has 2 amide bonds.